The molecule has 0 bridgehead atoms. The molecule has 0 amide bonds. The molecule has 0 aliphatic carbocycles. The molecule has 1 unspecified atom stereocenters. The minimum Gasteiger partial charge on any atom is -0.311 e. The number of hydrogen-bond donors (Lipinski definition) is 1. The number of aromatic nitrogens is 1. The van der Waals surface area contributed by atoms with Crippen LogP contribution in [0.5, 0.6) is 0 Å². The van der Waals surface area contributed by atoms with E-state index in [1.54, 1.807) is 11.3 Å². The predicted molar refractivity (Wildman–Crippen MR) is 82.8 cm³/mol. The van der Waals surface area contributed by atoms with Gasteiger partial charge in [0.25, 0.3) is 0 Å². The van der Waals surface area contributed by atoms with Gasteiger partial charge in [0.2, 0.25) is 0 Å². The molecule has 0 saturated heterocycles. The molecular formula is C16H22N2S. The van der Waals surface area contributed by atoms with Gasteiger partial charge in [0, 0.05) is 5.38 Å². The highest BCUT2D eigenvalue weighted by Gasteiger charge is 2.15. The number of nitrogens with one attached hydrogen (secondary N) is 1. The second-order valence-corrected chi connectivity index (χ2v) is 6.62. The maximum atomic E-state index is 4.40. The summed E-state index contributed by atoms with van der Waals surface area (Å²) >= 11 is 1.65. The van der Waals surface area contributed by atoms with Crippen LogP contribution in [-0.4, -0.2) is 12.0 Å². The first-order chi connectivity index (χ1) is 9.00. The molecule has 0 aliphatic heterocycles. The van der Waals surface area contributed by atoms with Crippen LogP contribution in [0.2, 0.25) is 0 Å². The molecule has 102 valence electrons. The largest absolute Gasteiger partial charge is 0.311 e. The highest BCUT2D eigenvalue weighted by atomic mass is 32.1. The molecule has 0 fully saturated rings. The lowest BCUT2D eigenvalue weighted by atomic mass is 9.86. The van der Waals surface area contributed by atoms with Crippen molar-refractivity contribution in [1.82, 2.24) is 10.3 Å². The lowest BCUT2D eigenvalue weighted by molar-refractivity contribution is 0.575. The molecule has 1 atom stereocenters. The number of likely N-dealkylation sites (N-methyl/N-ethyl adjacent to an activating group) is 1. The number of hydrogen-bond acceptors (Lipinski definition) is 3. The molecule has 2 aromatic rings. The minimum absolute atomic E-state index is 0.218. The van der Waals surface area contributed by atoms with Crippen LogP contribution in [0.15, 0.2) is 35.2 Å². The molecule has 0 radical (unpaired) electrons. The van der Waals surface area contributed by atoms with Gasteiger partial charge in [-0.15, -0.1) is 11.3 Å². The summed E-state index contributed by atoms with van der Waals surface area (Å²) in [6, 6.07) is 9.24. The molecule has 0 aliphatic rings. The molecule has 1 N–H and O–H groups in total. The number of thiazole rings is 1. The number of nitrogens with zero attached hydrogens (tertiary/aromatic N) is 1. The van der Waals surface area contributed by atoms with E-state index in [0.29, 0.717) is 6.04 Å². The van der Waals surface area contributed by atoms with Crippen LogP contribution in [0.4, 0.5) is 0 Å². The summed E-state index contributed by atoms with van der Waals surface area (Å²) in [7, 11) is 1.99. The van der Waals surface area contributed by atoms with Crippen molar-refractivity contribution >= 4 is 11.3 Å². The highest BCUT2D eigenvalue weighted by Crippen LogP contribution is 2.24. The molecule has 2 nitrogen and oxygen atoms in total. The first-order valence-electron chi connectivity index (χ1n) is 6.65. The maximum absolute atomic E-state index is 4.40. The standard InChI is InChI=1S/C16H22N2S/c1-16(2,3)13-7-5-12(6-8-13)9-14(17-4)15-10-19-11-18-15/h5-8,10-11,14,17H,9H2,1-4H3. The van der Waals surface area contributed by atoms with Gasteiger partial charge in [-0.2, -0.15) is 0 Å². The summed E-state index contributed by atoms with van der Waals surface area (Å²) < 4.78 is 0. The van der Waals surface area contributed by atoms with Gasteiger partial charge in [0.05, 0.1) is 17.2 Å². The summed E-state index contributed by atoms with van der Waals surface area (Å²) in [6.45, 7) is 6.73. The van der Waals surface area contributed by atoms with E-state index >= 15 is 0 Å². The van der Waals surface area contributed by atoms with Crippen LogP contribution < -0.4 is 5.32 Å². The van der Waals surface area contributed by atoms with E-state index in [1.165, 1.54) is 11.1 Å². The van der Waals surface area contributed by atoms with Crippen LogP contribution in [0.1, 0.15) is 43.6 Å². The summed E-state index contributed by atoms with van der Waals surface area (Å²) in [4.78, 5) is 4.40. The predicted octanol–water partition coefficient (Wildman–Crippen LogP) is 3.94. The third-order valence-corrected chi connectivity index (χ3v) is 4.02. The maximum Gasteiger partial charge on any atom is 0.0795 e. The molecule has 0 spiro atoms. The van der Waals surface area contributed by atoms with Crippen LogP contribution in [0, 0.1) is 0 Å². The normalized spacial score (nSPS) is 13.5. The lowest BCUT2D eigenvalue weighted by Gasteiger charge is -2.20. The van der Waals surface area contributed by atoms with Crippen molar-refractivity contribution in [3.05, 3.63) is 52.0 Å². The Kier molecular flexibility index (Phi) is 4.38. The van der Waals surface area contributed by atoms with Gasteiger partial charge in [0.15, 0.2) is 0 Å². The van der Waals surface area contributed by atoms with Crippen LogP contribution in [0.3, 0.4) is 0 Å². The molecule has 0 saturated carbocycles. The van der Waals surface area contributed by atoms with E-state index in [9.17, 15) is 0 Å². The van der Waals surface area contributed by atoms with Gasteiger partial charge in [-0.3, -0.25) is 0 Å². The van der Waals surface area contributed by atoms with Crippen molar-refractivity contribution in [2.45, 2.75) is 38.6 Å². The zero-order valence-corrected chi connectivity index (χ0v) is 12.9. The summed E-state index contributed by atoms with van der Waals surface area (Å²) in [5, 5.41) is 5.46. The average Bonchev–Trinajstić information content (AvgIpc) is 2.89. The van der Waals surface area contributed by atoms with Crippen molar-refractivity contribution in [3.63, 3.8) is 0 Å². The summed E-state index contributed by atoms with van der Waals surface area (Å²) in [6.07, 6.45) is 0.977. The average molecular weight is 274 g/mol. The number of benzene rings is 1. The van der Waals surface area contributed by atoms with Gasteiger partial charge in [0.1, 0.15) is 0 Å². The first-order valence-corrected chi connectivity index (χ1v) is 7.60. The third kappa shape index (κ3) is 3.64. The van der Waals surface area contributed by atoms with Gasteiger partial charge in [-0.1, -0.05) is 45.0 Å². The van der Waals surface area contributed by atoms with Gasteiger partial charge in [-0.25, -0.2) is 4.98 Å². The molecule has 1 aromatic carbocycles. The van der Waals surface area contributed by atoms with Crippen molar-refractivity contribution in [1.29, 1.82) is 0 Å². The van der Waals surface area contributed by atoms with Crippen molar-refractivity contribution < 1.29 is 0 Å². The molecule has 19 heavy (non-hydrogen) atoms. The van der Waals surface area contributed by atoms with E-state index in [1.807, 2.05) is 12.6 Å². The van der Waals surface area contributed by atoms with E-state index in [2.05, 4.69) is 60.7 Å². The highest BCUT2D eigenvalue weighted by molar-refractivity contribution is 7.07. The molecule has 3 heteroatoms. The minimum atomic E-state index is 0.218. The molecular weight excluding hydrogens is 252 g/mol. The van der Waals surface area contributed by atoms with Gasteiger partial charge >= 0.3 is 0 Å². The van der Waals surface area contributed by atoms with E-state index in [-0.39, 0.29) is 5.41 Å². The Bertz CT molecular complexity index is 495. The van der Waals surface area contributed by atoms with Crippen LogP contribution in [0.25, 0.3) is 0 Å². The topological polar surface area (TPSA) is 24.9 Å². The first kappa shape index (κ1) is 14.2. The Hall–Kier alpha value is -1.19. The molecule has 1 heterocycles. The van der Waals surface area contributed by atoms with Crippen LogP contribution >= 0.6 is 11.3 Å². The van der Waals surface area contributed by atoms with Gasteiger partial charge in [-0.05, 0) is 30.0 Å². The Morgan fingerprint density at radius 1 is 1.21 bits per heavy atom. The van der Waals surface area contributed by atoms with Gasteiger partial charge < -0.3 is 5.32 Å². The Labute approximate surface area is 119 Å². The van der Waals surface area contributed by atoms with Crippen LogP contribution in [-0.2, 0) is 11.8 Å². The Morgan fingerprint density at radius 2 is 1.89 bits per heavy atom. The SMILES string of the molecule is CNC(Cc1ccc(C(C)(C)C)cc1)c1cscn1. The lowest BCUT2D eigenvalue weighted by Crippen LogP contribution is -2.19. The summed E-state index contributed by atoms with van der Waals surface area (Å²) in [5.41, 5.74) is 5.97. The zero-order valence-electron chi connectivity index (χ0n) is 12.1. The van der Waals surface area contributed by atoms with Crippen molar-refractivity contribution in [2.24, 2.45) is 0 Å². The summed E-state index contributed by atoms with van der Waals surface area (Å²) in [5.74, 6) is 0. The monoisotopic (exact) mass is 274 g/mol. The van der Waals surface area contributed by atoms with Crippen molar-refractivity contribution in [3.8, 4) is 0 Å². The fraction of sp³-hybridized carbons (Fsp3) is 0.438. The van der Waals surface area contributed by atoms with E-state index in [4.69, 9.17) is 0 Å². The fourth-order valence-electron chi connectivity index (χ4n) is 2.13. The third-order valence-electron chi connectivity index (χ3n) is 3.42. The zero-order chi connectivity index (χ0) is 13.9. The fourth-order valence-corrected chi connectivity index (χ4v) is 2.73. The number of rotatable bonds is 4. The quantitative estimate of drug-likeness (QED) is 0.913. The molecule has 1 aromatic heterocycles. The van der Waals surface area contributed by atoms with Crippen molar-refractivity contribution in [2.75, 3.05) is 7.05 Å². The Morgan fingerprint density at radius 3 is 2.37 bits per heavy atom. The van der Waals surface area contributed by atoms with E-state index in [0.717, 1.165) is 12.1 Å². The molecule has 2 rings (SSSR count). The smallest absolute Gasteiger partial charge is 0.0795 e. The second kappa shape index (κ2) is 5.85. The second-order valence-electron chi connectivity index (χ2n) is 5.91. The Balaban J connectivity index is 2.11. The van der Waals surface area contributed by atoms with E-state index < -0.39 is 0 Å².